The van der Waals surface area contributed by atoms with Crippen LogP contribution in [0.15, 0.2) is 60.8 Å². The van der Waals surface area contributed by atoms with Gasteiger partial charge in [0.2, 0.25) is 0 Å². The number of carbonyl (C=O) groups is 2. The van der Waals surface area contributed by atoms with Gasteiger partial charge in [-0.1, -0.05) is 120 Å². The molecule has 0 aliphatic carbocycles. The van der Waals surface area contributed by atoms with Crippen molar-refractivity contribution >= 4 is 11.9 Å². The van der Waals surface area contributed by atoms with Crippen LogP contribution >= 0.6 is 0 Å². The molecule has 4 nitrogen and oxygen atoms in total. The zero-order valence-corrected chi connectivity index (χ0v) is 25.2. The average Bonchev–Trinajstić information content (AvgIpc) is 2.91. The predicted octanol–water partition coefficient (Wildman–Crippen LogP) is 10.6. The standard InChI is InChI=1S/C35H58O4/c1-3-5-7-9-11-13-14-15-16-18-20-22-28-32-35(38)39-33(30-26-23-24-27-31-34(36)37)29-25-21-19-17-12-10-8-6-4-2/h5,7,11,13,15-16,20,22,25,29,33H,3-4,6,8-10,12,14,17-19,21,23-24,26-28,30-32H2,1-2H3,(H,36,37)/b7-5-,13-11-,16-15-,22-20-,29-25-. The molecule has 0 amide bonds. The Bertz CT molecular complexity index is 714. The number of unbranched alkanes of at least 4 members (excludes halogenated alkanes) is 10. The van der Waals surface area contributed by atoms with Gasteiger partial charge in [-0.05, 0) is 70.3 Å². The van der Waals surface area contributed by atoms with Gasteiger partial charge in [0, 0.05) is 12.8 Å². The molecule has 0 saturated heterocycles. The van der Waals surface area contributed by atoms with Crippen LogP contribution in [-0.4, -0.2) is 23.1 Å². The fraction of sp³-hybridized carbons (Fsp3) is 0.657. The maximum Gasteiger partial charge on any atom is 0.306 e. The molecule has 222 valence electrons. The minimum atomic E-state index is -0.733. The van der Waals surface area contributed by atoms with E-state index >= 15 is 0 Å². The largest absolute Gasteiger partial charge is 0.481 e. The van der Waals surface area contributed by atoms with E-state index in [0.29, 0.717) is 19.3 Å². The zero-order chi connectivity index (χ0) is 28.7. The van der Waals surface area contributed by atoms with E-state index in [-0.39, 0.29) is 18.5 Å². The molecule has 0 aromatic carbocycles. The third-order valence-corrected chi connectivity index (χ3v) is 6.47. The fourth-order valence-corrected chi connectivity index (χ4v) is 4.16. The van der Waals surface area contributed by atoms with Crippen molar-refractivity contribution in [3.63, 3.8) is 0 Å². The van der Waals surface area contributed by atoms with Crippen LogP contribution in [0.1, 0.15) is 142 Å². The van der Waals surface area contributed by atoms with Crippen molar-refractivity contribution in [2.45, 2.75) is 148 Å². The molecule has 0 bridgehead atoms. The van der Waals surface area contributed by atoms with E-state index in [1.54, 1.807) is 0 Å². The Hall–Kier alpha value is -2.36. The number of hydrogen-bond acceptors (Lipinski definition) is 3. The molecule has 4 heteroatoms. The average molecular weight is 543 g/mol. The lowest BCUT2D eigenvalue weighted by Gasteiger charge is -2.14. The molecule has 0 fully saturated rings. The van der Waals surface area contributed by atoms with Crippen LogP contribution in [0.3, 0.4) is 0 Å². The minimum Gasteiger partial charge on any atom is -0.481 e. The number of aliphatic carboxylic acids is 1. The number of carbonyl (C=O) groups excluding carboxylic acids is 1. The third-order valence-electron chi connectivity index (χ3n) is 6.47. The Balaban J connectivity index is 4.28. The van der Waals surface area contributed by atoms with Gasteiger partial charge in [-0.3, -0.25) is 9.59 Å². The molecule has 0 aliphatic heterocycles. The van der Waals surface area contributed by atoms with Crippen LogP contribution in [0.5, 0.6) is 0 Å². The number of carboxylic acid groups (broad SMARTS) is 1. The highest BCUT2D eigenvalue weighted by Gasteiger charge is 2.11. The number of esters is 1. The monoisotopic (exact) mass is 542 g/mol. The smallest absolute Gasteiger partial charge is 0.306 e. The quantitative estimate of drug-likeness (QED) is 0.0637. The molecule has 1 unspecified atom stereocenters. The summed E-state index contributed by atoms with van der Waals surface area (Å²) in [6.45, 7) is 4.39. The van der Waals surface area contributed by atoms with Gasteiger partial charge in [-0.2, -0.15) is 0 Å². The van der Waals surface area contributed by atoms with E-state index in [1.165, 1.54) is 44.9 Å². The molecule has 0 spiro atoms. The van der Waals surface area contributed by atoms with E-state index in [4.69, 9.17) is 9.84 Å². The molecule has 0 radical (unpaired) electrons. The van der Waals surface area contributed by atoms with E-state index < -0.39 is 5.97 Å². The van der Waals surface area contributed by atoms with Crippen molar-refractivity contribution in [2.75, 3.05) is 0 Å². The van der Waals surface area contributed by atoms with Crippen LogP contribution in [0, 0.1) is 0 Å². The van der Waals surface area contributed by atoms with E-state index in [0.717, 1.165) is 57.8 Å². The van der Waals surface area contributed by atoms with Crippen molar-refractivity contribution in [1.29, 1.82) is 0 Å². The Morgan fingerprint density at radius 2 is 1.18 bits per heavy atom. The Kier molecular flexibility index (Phi) is 28.4. The lowest BCUT2D eigenvalue weighted by molar-refractivity contribution is -0.147. The molecule has 0 heterocycles. The molecule has 0 rings (SSSR count). The maximum absolute atomic E-state index is 12.4. The van der Waals surface area contributed by atoms with Crippen LogP contribution in [-0.2, 0) is 14.3 Å². The topological polar surface area (TPSA) is 63.6 Å². The van der Waals surface area contributed by atoms with Gasteiger partial charge in [-0.25, -0.2) is 0 Å². The van der Waals surface area contributed by atoms with E-state index in [1.807, 2.05) is 0 Å². The summed E-state index contributed by atoms with van der Waals surface area (Å²) >= 11 is 0. The molecule has 0 aromatic heterocycles. The first-order chi connectivity index (χ1) is 19.1. The van der Waals surface area contributed by atoms with Gasteiger partial charge >= 0.3 is 11.9 Å². The Morgan fingerprint density at radius 3 is 1.82 bits per heavy atom. The van der Waals surface area contributed by atoms with Crippen LogP contribution in [0.4, 0.5) is 0 Å². The summed E-state index contributed by atoms with van der Waals surface area (Å²) in [6.07, 6.45) is 41.0. The number of ether oxygens (including phenoxy) is 1. The SMILES string of the molecule is CC/C=C\C/C=C\C/C=C\C/C=C\CCC(=O)OC(/C=C\CCCCCCCCC)CCCCCCC(=O)O. The first kappa shape index (κ1) is 36.6. The molecule has 39 heavy (non-hydrogen) atoms. The first-order valence-corrected chi connectivity index (χ1v) is 15.8. The summed E-state index contributed by atoms with van der Waals surface area (Å²) in [6, 6.07) is 0. The molecule has 1 atom stereocenters. The van der Waals surface area contributed by atoms with Gasteiger partial charge in [0.05, 0.1) is 0 Å². The molecule has 0 aromatic rings. The van der Waals surface area contributed by atoms with Crippen molar-refractivity contribution in [3.8, 4) is 0 Å². The number of carboxylic acids is 1. The normalized spacial score (nSPS) is 13.1. The molecular weight excluding hydrogens is 484 g/mol. The Labute approximate surface area is 240 Å². The summed E-state index contributed by atoms with van der Waals surface area (Å²) in [5.41, 5.74) is 0. The van der Waals surface area contributed by atoms with Crippen LogP contribution < -0.4 is 0 Å². The molecule has 1 N–H and O–H groups in total. The first-order valence-electron chi connectivity index (χ1n) is 15.8. The van der Waals surface area contributed by atoms with Gasteiger partial charge in [0.25, 0.3) is 0 Å². The number of hydrogen-bond donors (Lipinski definition) is 1. The van der Waals surface area contributed by atoms with Crippen molar-refractivity contribution in [3.05, 3.63) is 60.8 Å². The molecule has 0 saturated carbocycles. The second-order valence-electron chi connectivity index (χ2n) is 10.3. The summed E-state index contributed by atoms with van der Waals surface area (Å²) in [7, 11) is 0. The second-order valence-corrected chi connectivity index (χ2v) is 10.3. The lowest BCUT2D eigenvalue weighted by atomic mass is 10.1. The van der Waals surface area contributed by atoms with Crippen molar-refractivity contribution in [2.24, 2.45) is 0 Å². The summed E-state index contributed by atoms with van der Waals surface area (Å²) in [5.74, 6) is -0.878. The van der Waals surface area contributed by atoms with Gasteiger partial charge in [0.15, 0.2) is 0 Å². The minimum absolute atomic E-state index is 0.145. The second kappa shape index (κ2) is 30.2. The summed E-state index contributed by atoms with van der Waals surface area (Å²) in [4.78, 5) is 23.1. The maximum atomic E-state index is 12.4. The fourth-order valence-electron chi connectivity index (χ4n) is 4.16. The number of allylic oxidation sites excluding steroid dienone is 9. The highest BCUT2D eigenvalue weighted by Crippen LogP contribution is 2.14. The van der Waals surface area contributed by atoms with Gasteiger partial charge in [-0.15, -0.1) is 0 Å². The number of rotatable bonds is 27. The van der Waals surface area contributed by atoms with Gasteiger partial charge in [0.1, 0.15) is 6.10 Å². The van der Waals surface area contributed by atoms with Crippen LogP contribution in [0.2, 0.25) is 0 Å². The third kappa shape index (κ3) is 30.0. The molecular formula is C35H58O4. The predicted molar refractivity (Wildman–Crippen MR) is 167 cm³/mol. The molecule has 0 aliphatic rings. The summed E-state index contributed by atoms with van der Waals surface area (Å²) < 4.78 is 5.79. The van der Waals surface area contributed by atoms with Crippen molar-refractivity contribution in [1.82, 2.24) is 0 Å². The zero-order valence-electron chi connectivity index (χ0n) is 25.2. The van der Waals surface area contributed by atoms with Crippen molar-refractivity contribution < 1.29 is 19.4 Å². The highest BCUT2D eigenvalue weighted by molar-refractivity contribution is 5.69. The summed E-state index contributed by atoms with van der Waals surface area (Å²) in [5, 5.41) is 8.78. The van der Waals surface area contributed by atoms with Crippen LogP contribution in [0.25, 0.3) is 0 Å². The van der Waals surface area contributed by atoms with E-state index in [9.17, 15) is 9.59 Å². The highest BCUT2D eigenvalue weighted by atomic mass is 16.5. The Morgan fingerprint density at radius 1 is 0.615 bits per heavy atom. The van der Waals surface area contributed by atoms with Gasteiger partial charge < -0.3 is 9.84 Å². The van der Waals surface area contributed by atoms with E-state index in [2.05, 4.69) is 74.6 Å². The lowest BCUT2D eigenvalue weighted by Crippen LogP contribution is -2.16.